The van der Waals surface area contributed by atoms with Gasteiger partial charge in [0.05, 0.1) is 33.4 Å². The van der Waals surface area contributed by atoms with Crippen LogP contribution in [0.2, 0.25) is 5.02 Å². The number of amides is 2. The Kier molecular flexibility index (Phi) is 7.85. The largest absolute Gasteiger partial charge is 0.495 e. The number of anilines is 1. The van der Waals surface area contributed by atoms with Crippen molar-refractivity contribution in [2.45, 2.75) is 13.3 Å². The number of rotatable bonds is 8. The van der Waals surface area contributed by atoms with Crippen molar-refractivity contribution >= 4 is 34.8 Å². The van der Waals surface area contributed by atoms with E-state index in [1.54, 1.807) is 37.3 Å². The molecule has 0 fully saturated rings. The average Bonchev–Trinajstić information content (AvgIpc) is 2.71. The highest BCUT2D eigenvalue weighted by molar-refractivity contribution is 6.31. The van der Waals surface area contributed by atoms with Gasteiger partial charge in [-0.15, -0.1) is 0 Å². The minimum absolute atomic E-state index is 0.0259. The molecule has 8 nitrogen and oxygen atoms in total. The standard InChI is InChI=1S/C20H22ClN3O5/c1-12(9-19(25)22-15-11-14(21)6-8-16(15)27-2)23-24-20(26)13-5-7-17(28-3)18(10-13)29-4/h5-8,10-11H,9H2,1-4H3,(H,22,25)(H,24,26)/b23-12+. The number of carbonyl (C=O) groups is 2. The monoisotopic (exact) mass is 419 g/mol. The molecule has 2 amide bonds. The van der Waals surface area contributed by atoms with Gasteiger partial charge >= 0.3 is 0 Å². The lowest BCUT2D eigenvalue weighted by molar-refractivity contribution is -0.115. The molecule has 2 aromatic carbocycles. The number of benzene rings is 2. The Morgan fingerprint density at radius 2 is 1.62 bits per heavy atom. The molecule has 154 valence electrons. The Hall–Kier alpha value is -3.26. The van der Waals surface area contributed by atoms with E-state index in [1.807, 2.05) is 0 Å². The maximum Gasteiger partial charge on any atom is 0.271 e. The molecule has 0 spiro atoms. The fourth-order valence-electron chi connectivity index (χ4n) is 2.43. The van der Waals surface area contributed by atoms with Crippen LogP contribution in [-0.4, -0.2) is 38.9 Å². The van der Waals surface area contributed by atoms with Gasteiger partial charge in [0.1, 0.15) is 5.75 Å². The molecule has 29 heavy (non-hydrogen) atoms. The van der Waals surface area contributed by atoms with Crippen LogP contribution in [0.1, 0.15) is 23.7 Å². The third-order valence-electron chi connectivity index (χ3n) is 3.85. The molecular formula is C20H22ClN3O5. The SMILES string of the molecule is COc1ccc(Cl)cc1NC(=O)C/C(C)=N/NC(=O)c1ccc(OC)c(OC)c1. The highest BCUT2D eigenvalue weighted by Crippen LogP contribution is 2.28. The molecule has 0 saturated heterocycles. The van der Waals surface area contributed by atoms with Crippen molar-refractivity contribution < 1.29 is 23.8 Å². The molecule has 0 saturated carbocycles. The van der Waals surface area contributed by atoms with E-state index < -0.39 is 5.91 Å². The summed E-state index contributed by atoms with van der Waals surface area (Å²) in [6.45, 7) is 1.63. The fraction of sp³-hybridized carbons (Fsp3) is 0.250. The van der Waals surface area contributed by atoms with E-state index >= 15 is 0 Å². The number of carbonyl (C=O) groups excluding carboxylic acids is 2. The number of ether oxygens (including phenoxy) is 3. The first-order valence-electron chi connectivity index (χ1n) is 8.56. The minimum Gasteiger partial charge on any atom is -0.495 e. The summed E-state index contributed by atoms with van der Waals surface area (Å²) in [7, 11) is 4.49. The fourth-order valence-corrected chi connectivity index (χ4v) is 2.60. The predicted molar refractivity (Wildman–Crippen MR) is 111 cm³/mol. The van der Waals surface area contributed by atoms with Crippen LogP contribution in [-0.2, 0) is 4.79 Å². The van der Waals surface area contributed by atoms with E-state index in [2.05, 4.69) is 15.8 Å². The zero-order valence-electron chi connectivity index (χ0n) is 16.5. The molecular weight excluding hydrogens is 398 g/mol. The van der Waals surface area contributed by atoms with E-state index in [1.165, 1.54) is 27.4 Å². The molecule has 0 aliphatic heterocycles. The molecule has 0 bridgehead atoms. The van der Waals surface area contributed by atoms with E-state index in [4.69, 9.17) is 25.8 Å². The van der Waals surface area contributed by atoms with Gasteiger partial charge in [0.25, 0.3) is 5.91 Å². The second kappa shape index (κ2) is 10.3. The van der Waals surface area contributed by atoms with Crippen molar-refractivity contribution in [3.63, 3.8) is 0 Å². The number of halogens is 1. The maximum absolute atomic E-state index is 12.3. The van der Waals surface area contributed by atoms with Crippen LogP contribution >= 0.6 is 11.6 Å². The third kappa shape index (κ3) is 6.11. The minimum atomic E-state index is -0.442. The number of hydrogen-bond donors (Lipinski definition) is 2. The van der Waals surface area contributed by atoms with E-state index in [9.17, 15) is 9.59 Å². The lowest BCUT2D eigenvalue weighted by Crippen LogP contribution is -2.21. The lowest BCUT2D eigenvalue weighted by atomic mass is 10.2. The van der Waals surface area contributed by atoms with Crippen LogP contribution in [0, 0.1) is 0 Å². The summed E-state index contributed by atoms with van der Waals surface area (Å²) in [6, 6.07) is 9.64. The first-order valence-corrected chi connectivity index (χ1v) is 8.94. The Morgan fingerprint density at radius 1 is 0.966 bits per heavy atom. The van der Waals surface area contributed by atoms with Crippen LogP contribution in [0.15, 0.2) is 41.5 Å². The van der Waals surface area contributed by atoms with Gasteiger partial charge in [-0.3, -0.25) is 9.59 Å². The van der Waals surface area contributed by atoms with Gasteiger partial charge in [0, 0.05) is 16.3 Å². The number of nitrogens with zero attached hydrogens (tertiary/aromatic N) is 1. The topological polar surface area (TPSA) is 98.2 Å². The van der Waals surface area contributed by atoms with Crippen LogP contribution < -0.4 is 25.0 Å². The van der Waals surface area contributed by atoms with Crippen LogP contribution in [0.5, 0.6) is 17.2 Å². The predicted octanol–water partition coefficient (Wildman–Crippen LogP) is 3.50. The highest BCUT2D eigenvalue weighted by Gasteiger charge is 2.12. The normalized spacial score (nSPS) is 10.9. The zero-order chi connectivity index (χ0) is 21.4. The number of hydrazone groups is 1. The second-order valence-corrected chi connectivity index (χ2v) is 6.36. The highest BCUT2D eigenvalue weighted by atomic mass is 35.5. The number of methoxy groups -OCH3 is 3. The molecule has 0 aliphatic carbocycles. The number of hydrogen-bond acceptors (Lipinski definition) is 6. The molecule has 0 aliphatic rings. The Morgan fingerprint density at radius 3 is 2.28 bits per heavy atom. The van der Waals surface area contributed by atoms with Crippen molar-refractivity contribution in [2.75, 3.05) is 26.6 Å². The zero-order valence-corrected chi connectivity index (χ0v) is 17.3. The molecule has 2 aromatic rings. The van der Waals surface area contributed by atoms with Crippen LogP contribution in [0.4, 0.5) is 5.69 Å². The molecule has 0 radical (unpaired) electrons. The Balaban J connectivity index is 1.98. The van der Waals surface area contributed by atoms with Gasteiger partial charge in [-0.2, -0.15) is 5.10 Å². The van der Waals surface area contributed by atoms with E-state index in [0.717, 1.165) is 0 Å². The van der Waals surface area contributed by atoms with Gasteiger partial charge < -0.3 is 19.5 Å². The van der Waals surface area contributed by atoms with Gasteiger partial charge in [-0.05, 0) is 43.3 Å². The molecule has 0 unspecified atom stereocenters. The third-order valence-corrected chi connectivity index (χ3v) is 4.08. The van der Waals surface area contributed by atoms with Crippen molar-refractivity contribution in [3.8, 4) is 17.2 Å². The van der Waals surface area contributed by atoms with Crippen molar-refractivity contribution in [1.29, 1.82) is 0 Å². The quantitative estimate of drug-likeness (QED) is 0.504. The second-order valence-electron chi connectivity index (χ2n) is 5.93. The summed E-state index contributed by atoms with van der Waals surface area (Å²) in [6.07, 6.45) is -0.0259. The van der Waals surface area contributed by atoms with Crippen LogP contribution in [0.3, 0.4) is 0 Å². The summed E-state index contributed by atoms with van der Waals surface area (Å²) < 4.78 is 15.5. The van der Waals surface area contributed by atoms with Gasteiger partial charge in [-0.1, -0.05) is 11.6 Å². The maximum atomic E-state index is 12.3. The number of nitrogens with one attached hydrogen (secondary N) is 2. The summed E-state index contributed by atoms with van der Waals surface area (Å²) in [5.41, 5.74) is 3.62. The summed E-state index contributed by atoms with van der Waals surface area (Å²) >= 11 is 5.95. The van der Waals surface area contributed by atoms with Gasteiger partial charge in [0.15, 0.2) is 11.5 Å². The summed E-state index contributed by atoms with van der Waals surface area (Å²) in [5, 5.41) is 7.14. The molecule has 2 rings (SSSR count). The van der Waals surface area contributed by atoms with E-state index in [0.29, 0.717) is 39.2 Å². The first kappa shape index (κ1) is 22.0. The van der Waals surface area contributed by atoms with Gasteiger partial charge in [0.2, 0.25) is 5.91 Å². The van der Waals surface area contributed by atoms with Crippen molar-refractivity contribution in [2.24, 2.45) is 5.10 Å². The average molecular weight is 420 g/mol. The summed E-state index contributed by atoms with van der Waals surface area (Å²) in [4.78, 5) is 24.5. The smallest absolute Gasteiger partial charge is 0.271 e. The van der Waals surface area contributed by atoms with Gasteiger partial charge in [-0.25, -0.2) is 5.43 Å². The molecule has 0 aromatic heterocycles. The molecule has 9 heteroatoms. The Labute approximate surface area is 173 Å². The van der Waals surface area contributed by atoms with E-state index in [-0.39, 0.29) is 12.3 Å². The van der Waals surface area contributed by atoms with Crippen molar-refractivity contribution in [1.82, 2.24) is 5.43 Å². The molecule has 0 heterocycles. The summed E-state index contributed by atoms with van der Waals surface area (Å²) in [5.74, 6) is 0.654. The van der Waals surface area contributed by atoms with Crippen molar-refractivity contribution in [3.05, 3.63) is 47.0 Å². The molecule has 2 N–H and O–H groups in total. The van der Waals surface area contributed by atoms with Crippen LogP contribution in [0.25, 0.3) is 0 Å². The lowest BCUT2D eigenvalue weighted by Gasteiger charge is -2.11. The Bertz CT molecular complexity index is 930. The molecule has 0 atom stereocenters. The first-order chi connectivity index (χ1) is 13.9.